The van der Waals surface area contributed by atoms with Crippen LogP contribution >= 0.6 is 0 Å². The Bertz CT molecular complexity index is 1060. The van der Waals surface area contributed by atoms with Gasteiger partial charge in [-0.25, -0.2) is 4.68 Å². The average molecular weight is 397 g/mol. The highest BCUT2D eigenvalue weighted by Crippen LogP contribution is 2.22. The Kier molecular flexibility index (Phi) is 6.46. The number of hydrogen-bond donors (Lipinski definition) is 1. The number of nitrogens with zero attached hydrogens (tertiary/aromatic N) is 2. The molecule has 152 valence electrons. The fraction of sp³-hybridized carbons (Fsp3) is 0.286. The van der Waals surface area contributed by atoms with Crippen LogP contribution in [-0.2, 0) is 17.8 Å². The number of amides is 1. The molecule has 0 spiro atoms. The first-order valence-electron chi connectivity index (χ1n) is 9.06. The summed E-state index contributed by atoms with van der Waals surface area (Å²) in [6, 6.07) is 12.2. The number of nitrogens with one attached hydrogen (secondary N) is 1. The maximum atomic E-state index is 12.7. The Morgan fingerprint density at radius 3 is 2.31 bits per heavy atom. The van der Waals surface area contributed by atoms with E-state index in [-0.39, 0.29) is 18.0 Å². The molecular formula is C21H23N3O5. The second-order valence-corrected chi connectivity index (χ2v) is 6.30. The van der Waals surface area contributed by atoms with Gasteiger partial charge in [0.2, 0.25) is 0 Å². The average Bonchev–Trinajstić information content (AvgIpc) is 2.77. The molecule has 29 heavy (non-hydrogen) atoms. The number of carbonyl (C=O) groups is 1. The highest BCUT2D eigenvalue weighted by atomic mass is 16.5. The Morgan fingerprint density at radius 2 is 1.69 bits per heavy atom. The van der Waals surface area contributed by atoms with Crippen LogP contribution in [0.5, 0.6) is 11.5 Å². The predicted molar refractivity (Wildman–Crippen MR) is 109 cm³/mol. The van der Waals surface area contributed by atoms with E-state index in [1.54, 1.807) is 37.4 Å². The maximum Gasteiger partial charge on any atom is 0.274 e. The minimum atomic E-state index is -0.303. The molecule has 0 saturated heterocycles. The molecule has 0 fully saturated rings. The number of methoxy groups -OCH3 is 3. The highest BCUT2D eigenvalue weighted by molar-refractivity contribution is 5.95. The van der Waals surface area contributed by atoms with E-state index in [1.165, 1.54) is 18.9 Å². The van der Waals surface area contributed by atoms with E-state index in [0.717, 1.165) is 0 Å². The standard InChI is InChI=1S/C21H23N3O5/c1-27-9-8-24-21(26)18-7-5-4-6-17(18)19(23-24)13-22-20(25)14-10-15(28-2)12-16(11-14)29-3/h4-7,10-12H,8-9,13H2,1-3H3,(H,22,25). The smallest absolute Gasteiger partial charge is 0.274 e. The van der Waals surface area contributed by atoms with Gasteiger partial charge in [-0.2, -0.15) is 5.10 Å². The van der Waals surface area contributed by atoms with Crippen molar-refractivity contribution in [3.63, 3.8) is 0 Å². The minimum absolute atomic E-state index is 0.159. The van der Waals surface area contributed by atoms with E-state index in [0.29, 0.717) is 46.7 Å². The summed E-state index contributed by atoms with van der Waals surface area (Å²) in [4.78, 5) is 25.3. The van der Waals surface area contributed by atoms with Crippen LogP contribution in [0.4, 0.5) is 0 Å². The molecule has 3 rings (SSSR count). The minimum Gasteiger partial charge on any atom is -0.497 e. The number of fused-ring (bicyclic) bond motifs is 1. The van der Waals surface area contributed by atoms with Crippen molar-refractivity contribution in [3.8, 4) is 11.5 Å². The van der Waals surface area contributed by atoms with Gasteiger partial charge in [-0.05, 0) is 18.2 Å². The first-order chi connectivity index (χ1) is 14.1. The van der Waals surface area contributed by atoms with Crippen LogP contribution in [0.3, 0.4) is 0 Å². The lowest BCUT2D eigenvalue weighted by molar-refractivity contribution is 0.0949. The zero-order chi connectivity index (χ0) is 20.8. The largest absolute Gasteiger partial charge is 0.497 e. The molecule has 8 nitrogen and oxygen atoms in total. The molecule has 1 aromatic heterocycles. The van der Waals surface area contributed by atoms with Crippen LogP contribution in [0.2, 0.25) is 0 Å². The summed E-state index contributed by atoms with van der Waals surface area (Å²) in [6.07, 6.45) is 0. The zero-order valence-corrected chi connectivity index (χ0v) is 16.6. The zero-order valence-electron chi connectivity index (χ0n) is 16.6. The molecule has 0 atom stereocenters. The van der Waals surface area contributed by atoms with Gasteiger partial charge < -0.3 is 19.5 Å². The Labute approximate surface area is 168 Å². The number of aromatic nitrogens is 2. The summed E-state index contributed by atoms with van der Waals surface area (Å²) < 4.78 is 16.8. The lowest BCUT2D eigenvalue weighted by atomic mass is 10.1. The number of hydrogen-bond acceptors (Lipinski definition) is 6. The van der Waals surface area contributed by atoms with Gasteiger partial charge >= 0.3 is 0 Å². The maximum absolute atomic E-state index is 12.7. The van der Waals surface area contributed by atoms with Crippen molar-refractivity contribution in [2.24, 2.45) is 0 Å². The van der Waals surface area contributed by atoms with Crippen molar-refractivity contribution < 1.29 is 19.0 Å². The topological polar surface area (TPSA) is 91.7 Å². The van der Waals surface area contributed by atoms with E-state index in [2.05, 4.69) is 10.4 Å². The van der Waals surface area contributed by atoms with Crippen LogP contribution < -0.4 is 20.3 Å². The van der Waals surface area contributed by atoms with Crippen molar-refractivity contribution in [3.05, 3.63) is 64.1 Å². The fourth-order valence-electron chi connectivity index (χ4n) is 2.97. The third-order valence-electron chi connectivity index (χ3n) is 4.48. The molecule has 0 saturated carbocycles. The predicted octanol–water partition coefficient (Wildman–Crippen LogP) is 1.99. The number of rotatable bonds is 8. The fourth-order valence-corrected chi connectivity index (χ4v) is 2.97. The number of carbonyl (C=O) groups excluding carboxylic acids is 1. The number of ether oxygens (including phenoxy) is 3. The van der Waals surface area contributed by atoms with Gasteiger partial charge in [0.25, 0.3) is 11.5 Å². The quantitative estimate of drug-likeness (QED) is 0.625. The van der Waals surface area contributed by atoms with Crippen molar-refractivity contribution in [2.45, 2.75) is 13.1 Å². The van der Waals surface area contributed by atoms with E-state index in [9.17, 15) is 9.59 Å². The lowest BCUT2D eigenvalue weighted by Crippen LogP contribution is -2.29. The normalized spacial score (nSPS) is 10.7. The monoisotopic (exact) mass is 397 g/mol. The second-order valence-electron chi connectivity index (χ2n) is 6.30. The van der Waals surface area contributed by atoms with Gasteiger partial charge in [-0.1, -0.05) is 18.2 Å². The van der Waals surface area contributed by atoms with E-state index < -0.39 is 0 Å². The second kappa shape index (κ2) is 9.20. The first kappa shape index (κ1) is 20.3. The molecule has 0 aliphatic heterocycles. The van der Waals surface area contributed by atoms with Crippen LogP contribution in [0.1, 0.15) is 16.1 Å². The van der Waals surface area contributed by atoms with Gasteiger partial charge in [-0.3, -0.25) is 9.59 Å². The van der Waals surface area contributed by atoms with Crippen LogP contribution in [-0.4, -0.2) is 43.6 Å². The van der Waals surface area contributed by atoms with E-state index in [4.69, 9.17) is 14.2 Å². The summed E-state index contributed by atoms with van der Waals surface area (Å²) in [5.41, 5.74) is 0.808. The molecule has 0 aliphatic rings. The Balaban J connectivity index is 1.89. The van der Waals surface area contributed by atoms with Crippen LogP contribution in [0, 0.1) is 0 Å². The molecule has 0 unspecified atom stereocenters. The summed E-state index contributed by atoms with van der Waals surface area (Å²) in [7, 11) is 4.61. The van der Waals surface area contributed by atoms with Gasteiger partial charge in [0.15, 0.2) is 0 Å². The van der Waals surface area contributed by atoms with Crippen molar-refractivity contribution in [1.29, 1.82) is 0 Å². The summed E-state index contributed by atoms with van der Waals surface area (Å²) in [5, 5.41) is 8.54. The van der Waals surface area contributed by atoms with Gasteiger partial charge in [0.1, 0.15) is 11.5 Å². The molecular weight excluding hydrogens is 374 g/mol. The first-order valence-corrected chi connectivity index (χ1v) is 9.06. The highest BCUT2D eigenvalue weighted by Gasteiger charge is 2.13. The molecule has 1 heterocycles. The Hall–Kier alpha value is -3.39. The lowest BCUT2D eigenvalue weighted by Gasteiger charge is -2.12. The van der Waals surface area contributed by atoms with Crippen LogP contribution in [0.25, 0.3) is 10.8 Å². The molecule has 2 aromatic carbocycles. The summed E-state index contributed by atoms with van der Waals surface area (Å²) in [6.45, 7) is 0.848. The molecule has 8 heteroatoms. The van der Waals surface area contributed by atoms with Gasteiger partial charge in [-0.15, -0.1) is 0 Å². The molecule has 3 aromatic rings. The molecule has 0 bridgehead atoms. The molecule has 0 aliphatic carbocycles. The van der Waals surface area contributed by atoms with Crippen molar-refractivity contribution >= 4 is 16.7 Å². The number of benzene rings is 2. The van der Waals surface area contributed by atoms with Gasteiger partial charge in [0, 0.05) is 24.1 Å². The van der Waals surface area contributed by atoms with Crippen LogP contribution in [0.15, 0.2) is 47.3 Å². The Morgan fingerprint density at radius 1 is 1.03 bits per heavy atom. The third-order valence-corrected chi connectivity index (χ3v) is 4.48. The van der Waals surface area contributed by atoms with E-state index >= 15 is 0 Å². The molecule has 1 amide bonds. The van der Waals surface area contributed by atoms with Crippen molar-refractivity contribution in [2.75, 3.05) is 27.9 Å². The molecule has 1 N–H and O–H groups in total. The third kappa shape index (κ3) is 4.55. The van der Waals surface area contributed by atoms with Gasteiger partial charge in [0.05, 0.1) is 45.0 Å². The summed E-state index contributed by atoms with van der Waals surface area (Å²) >= 11 is 0. The van der Waals surface area contributed by atoms with E-state index in [1.807, 2.05) is 12.1 Å². The molecule has 0 radical (unpaired) electrons. The summed E-state index contributed by atoms with van der Waals surface area (Å²) in [5.74, 6) is 0.736. The van der Waals surface area contributed by atoms with Crippen molar-refractivity contribution in [1.82, 2.24) is 15.1 Å². The SMILES string of the molecule is COCCn1nc(CNC(=O)c2cc(OC)cc(OC)c2)c2ccccc2c1=O.